The van der Waals surface area contributed by atoms with Crippen molar-refractivity contribution in [2.75, 3.05) is 18.0 Å². The zero-order valence-electron chi connectivity index (χ0n) is 21.7. The molecule has 1 aliphatic heterocycles. The molecule has 3 aromatic heterocycles. The van der Waals surface area contributed by atoms with Crippen LogP contribution in [0.3, 0.4) is 0 Å². The van der Waals surface area contributed by atoms with Gasteiger partial charge in [0, 0.05) is 44.3 Å². The molecule has 0 saturated carbocycles. The maximum Gasteiger partial charge on any atom is 0.267 e. The predicted molar refractivity (Wildman–Crippen MR) is 148 cm³/mol. The quantitative estimate of drug-likeness (QED) is 0.359. The molecule has 0 bridgehead atoms. The van der Waals surface area contributed by atoms with E-state index in [-0.39, 0.29) is 11.6 Å². The molecule has 4 aromatic rings. The lowest BCUT2D eigenvalue weighted by Crippen LogP contribution is -2.59. The van der Waals surface area contributed by atoms with Crippen molar-refractivity contribution in [2.45, 2.75) is 65.1 Å². The molecule has 1 fully saturated rings. The van der Waals surface area contributed by atoms with Crippen molar-refractivity contribution in [1.82, 2.24) is 24.1 Å². The third kappa shape index (κ3) is 4.31. The number of thiazole rings is 1. The van der Waals surface area contributed by atoms with E-state index in [1.54, 1.807) is 29.1 Å². The molecule has 8 heteroatoms. The number of hydrogen-bond acceptors (Lipinski definition) is 6. The van der Waals surface area contributed by atoms with Gasteiger partial charge >= 0.3 is 0 Å². The van der Waals surface area contributed by atoms with E-state index in [0.717, 1.165) is 48.5 Å². The first-order valence-electron chi connectivity index (χ1n) is 12.8. The van der Waals surface area contributed by atoms with Gasteiger partial charge in [-0.25, -0.2) is 19.2 Å². The largest absolute Gasteiger partial charge is 0.362 e. The molecule has 1 aliphatic rings. The normalized spacial score (nSPS) is 19.5. The highest BCUT2D eigenvalue weighted by Crippen LogP contribution is 2.34. The van der Waals surface area contributed by atoms with Crippen LogP contribution in [-0.4, -0.2) is 49.2 Å². The Balaban J connectivity index is 1.50. The highest BCUT2D eigenvalue weighted by Gasteiger charge is 2.36. The summed E-state index contributed by atoms with van der Waals surface area (Å²) in [5, 5.41) is 0. The monoisotopic (exact) mass is 502 g/mol. The van der Waals surface area contributed by atoms with Crippen LogP contribution in [0.1, 0.15) is 57.8 Å². The molecule has 7 nitrogen and oxygen atoms in total. The molecule has 0 amide bonds. The van der Waals surface area contributed by atoms with Crippen LogP contribution in [0.15, 0.2) is 40.8 Å². The second-order valence-corrected chi connectivity index (χ2v) is 10.5. The van der Waals surface area contributed by atoms with Crippen LogP contribution in [0.4, 0.5) is 5.69 Å². The summed E-state index contributed by atoms with van der Waals surface area (Å²) in [6.07, 6.45) is 4.55. The van der Waals surface area contributed by atoms with E-state index in [2.05, 4.69) is 65.6 Å². The Morgan fingerprint density at radius 3 is 2.72 bits per heavy atom. The number of piperazine rings is 1. The molecular formula is C28H34N6OS. The van der Waals surface area contributed by atoms with Crippen LogP contribution in [0, 0.1) is 11.8 Å². The van der Waals surface area contributed by atoms with E-state index in [9.17, 15) is 4.79 Å². The Kier molecular flexibility index (Phi) is 6.87. The second kappa shape index (κ2) is 10.1. The molecular weight excluding hydrogens is 468 g/mol. The molecule has 5 rings (SSSR count). The van der Waals surface area contributed by atoms with Crippen LogP contribution in [0.25, 0.3) is 15.9 Å². The molecule has 36 heavy (non-hydrogen) atoms. The van der Waals surface area contributed by atoms with Gasteiger partial charge < -0.3 is 4.90 Å². The Bertz CT molecular complexity index is 1510. The Morgan fingerprint density at radius 1 is 1.17 bits per heavy atom. The van der Waals surface area contributed by atoms with Crippen LogP contribution < -0.4 is 10.5 Å². The first-order chi connectivity index (χ1) is 17.4. The number of imidazole rings is 1. The van der Waals surface area contributed by atoms with Gasteiger partial charge in [-0.2, -0.15) is 0 Å². The fourth-order valence-electron chi connectivity index (χ4n) is 5.46. The summed E-state index contributed by atoms with van der Waals surface area (Å²) in [6.45, 7) is 10.5. The predicted octanol–water partition coefficient (Wildman–Crippen LogP) is 4.65. The first-order valence-corrected chi connectivity index (χ1v) is 13.7. The number of aromatic nitrogens is 4. The zero-order valence-corrected chi connectivity index (χ0v) is 22.5. The SMILES string of the molecule is CC#CCc1cn2c(n1)c(N1C[C@@H](CC)N(C(C)c3ccc4ncsc4c3)C[C@@H]1CC)cc(=O)n2C. The Hall–Kier alpha value is -3.15. The molecule has 0 spiro atoms. The fourth-order valence-corrected chi connectivity index (χ4v) is 6.18. The van der Waals surface area contributed by atoms with Gasteiger partial charge in [-0.05, 0) is 44.4 Å². The van der Waals surface area contributed by atoms with E-state index >= 15 is 0 Å². The molecule has 1 unspecified atom stereocenters. The van der Waals surface area contributed by atoms with Gasteiger partial charge in [0.15, 0.2) is 5.65 Å². The number of aryl methyl sites for hydroxylation is 1. The van der Waals surface area contributed by atoms with Crippen LogP contribution in [0.2, 0.25) is 0 Å². The number of fused-ring (bicyclic) bond motifs is 2. The van der Waals surface area contributed by atoms with Crippen molar-refractivity contribution in [2.24, 2.45) is 7.05 Å². The van der Waals surface area contributed by atoms with E-state index in [0.29, 0.717) is 18.5 Å². The van der Waals surface area contributed by atoms with Gasteiger partial charge in [0.2, 0.25) is 0 Å². The average molecular weight is 503 g/mol. The second-order valence-electron chi connectivity index (χ2n) is 9.62. The molecule has 3 atom stereocenters. The van der Waals surface area contributed by atoms with Crippen LogP contribution in [-0.2, 0) is 13.5 Å². The van der Waals surface area contributed by atoms with E-state index in [1.165, 1.54) is 10.3 Å². The van der Waals surface area contributed by atoms with Crippen molar-refractivity contribution in [3.63, 3.8) is 0 Å². The van der Waals surface area contributed by atoms with Crippen molar-refractivity contribution in [1.29, 1.82) is 0 Å². The highest BCUT2D eigenvalue weighted by molar-refractivity contribution is 7.16. The smallest absolute Gasteiger partial charge is 0.267 e. The third-order valence-electron chi connectivity index (χ3n) is 7.64. The standard InChI is InChI=1S/C28H34N6OS/c1-6-9-10-21-15-34-28(30-21)25(14-27(35)31(34)5)33-17-22(7-2)32(16-23(33)8-3)19(4)20-11-12-24-26(13-20)36-18-29-24/h11-15,18-19,22-23H,7-8,10,16-17H2,1-5H3/t19?,22-,23+/m1/s1. The lowest BCUT2D eigenvalue weighted by molar-refractivity contribution is 0.101. The number of nitrogens with zero attached hydrogens (tertiary/aromatic N) is 6. The fraction of sp³-hybridized carbons (Fsp3) is 0.464. The summed E-state index contributed by atoms with van der Waals surface area (Å²) in [5.41, 5.74) is 6.93. The molecule has 4 heterocycles. The number of anilines is 1. The first kappa shape index (κ1) is 24.5. The molecule has 0 radical (unpaired) electrons. The minimum Gasteiger partial charge on any atom is -0.362 e. The van der Waals surface area contributed by atoms with Gasteiger partial charge in [-0.15, -0.1) is 17.3 Å². The van der Waals surface area contributed by atoms with Gasteiger partial charge in [0.25, 0.3) is 5.56 Å². The number of benzene rings is 1. The summed E-state index contributed by atoms with van der Waals surface area (Å²) >= 11 is 1.70. The minimum absolute atomic E-state index is 0.0282. The lowest BCUT2D eigenvalue weighted by atomic mass is 9.96. The van der Waals surface area contributed by atoms with Gasteiger partial charge in [0.1, 0.15) is 0 Å². The van der Waals surface area contributed by atoms with Gasteiger partial charge in [-0.1, -0.05) is 25.8 Å². The summed E-state index contributed by atoms with van der Waals surface area (Å²) in [4.78, 5) is 27.4. The van der Waals surface area contributed by atoms with Gasteiger partial charge in [0.05, 0.1) is 39.7 Å². The third-order valence-corrected chi connectivity index (χ3v) is 8.43. The summed E-state index contributed by atoms with van der Waals surface area (Å²) in [6, 6.07) is 9.38. The van der Waals surface area contributed by atoms with Crippen LogP contribution in [0.5, 0.6) is 0 Å². The van der Waals surface area contributed by atoms with E-state index in [1.807, 2.05) is 23.1 Å². The average Bonchev–Trinajstić information content (AvgIpc) is 3.55. The minimum atomic E-state index is -0.0282. The summed E-state index contributed by atoms with van der Waals surface area (Å²) in [5.74, 6) is 6.05. The molecule has 0 aliphatic carbocycles. The topological polar surface area (TPSA) is 58.7 Å². The number of rotatable bonds is 6. The molecule has 1 saturated heterocycles. The summed E-state index contributed by atoms with van der Waals surface area (Å²) < 4.78 is 4.75. The summed E-state index contributed by atoms with van der Waals surface area (Å²) in [7, 11) is 1.79. The Morgan fingerprint density at radius 2 is 1.97 bits per heavy atom. The van der Waals surface area contributed by atoms with Gasteiger partial charge in [-0.3, -0.25) is 9.69 Å². The van der Waals surface area contributed by atoms with E-state index < -0.39 is 0 Å². The lowest BCUT2D eigenvalue weighted by Gasteiger charge is -2.49. The highest BCUT2D eigenvalue weighted by atomic mass is 32.1. The number of hydrogen-bond donors (Lipinski definition) is 0. The zero-order chi connectivity index (χ0) is 25.4. The molecule has 1 aromatic carbocycles. The van der Waals surface area contributed by atoms with Crippen molar-refractivity contribution in [3.05, 3.63) is 57.6 Å². The maximum atomic E-state index is 13.0. The van der Waals surface area contributed by atoms with Crippen molar-refractivity contribution >= 4 is 32.9 Å². The Labute approximate surface area is 216 Å². The van der Waals surface area contributed by atoms with Crippen molar-refractivity contribution < 1.29 is 0 Å². The van der Waals surface area contributed by atoms with Crippen LogP contribution >= 0.6 is 11.3 Å². The molecule has 188 valence electrons. The maximum absolute atomic E-state index is 13.0. The molecule has 0 N–H and O–H groups in total. The van der Waals surface area contributed by atoms with E-state index in [4.69, 9.17) is 4.98 Å². The van der Waals surface area contributed by atoms with Crippen molar-refractivity contribution in [3.8, 4) is 11.8 Å².